The Balaban J connectivity index is 1.88. The highest BCUT2D eigenvalue weighted by atomic mass is 16.5. The molecule has 1 fully saturated rings. The zero-order valence-electron chi connectivity index (χ0n) is 23.9. The predicted molar refractivity (Wildman–Crippen MR) is 153 cm³/mol. The van der Waals surface area contributed by atoms with E-state index >= 15 is 0 Å². The molecule has 1 aliphatic heterocycles. The molecule has 3 rings (SSSR count). The van der Waals surface area contributed by atoms with Crippen molar-refractivity contribution >= 4 is 18.0 Å². The average molecular weight is 568 g/mol. The van der Waals surface area contributed by atoms with Gasteiger partial charge in [-0.3, -0.25) is 4.79 Å². The van der Waals surface area contributed by atoms with Crippen molar-refractivity contribution in [1.82, 2.24) is 9.80 Å². The van der Waals surface area contributed by atoms with E-state index in [0.29, 0.717) is 70.9 Å². The summed E-state index contributed by atoms with van der Waals surface area (Å²) >= 11 is 0. The third kappa shape index (κ3) is 9.86. The number of aliphatic hydroxyl groups is 2. The molecule has 4 unspecified atom stereocenters. The number of benzene rings is 2. The van der Waals surface area contributed by atoms with Crippen LogP contribution in [-0.4, -0.2) is 82.5 Å². The van der Waals surface area contributed by atoms with Crippen molar-refractivity contribution in [2.45, 2.75) is 88.5 Å². The Hall–Kier alpha value is -3.43. The van der Waals surface area contributed by atoms with Gasteiger partial charge in [0, 0.05) is 25.5 Å². The van der Waals surface area contributed by atoms with Gasteiger partial charge in [0.1, 0.15) is 12.2 Å². The Bertz CT molecular complexity index is 1080. The molecule has 1 heterocycles. The van der Waals surface area contributed by atoms with Crippen molar-refractivity contribution in [3.63, 3.8) is 0 Å². The topological polar surface area (TPSA) is 130 Å². The zero-order chi connectivity index (χ0) is 29.6. The van der Waals surface area contributed by atoms with E-state index in [4.69, 9.17) is 4.74 Å². The number of aliphatic carboxylic acids is 1. The maximum absolute atomic E-state index is 14.3. The maximum Gasteiger partial charge on any atom is 0.320 e. The van der Waals surface area contributed by atoms with Crippen LogP contribution in [0, 0.1) is 0 Å². The van der Waals surface area contributed by atoms with E-state index in [0.717, 1.165) is 11.1 Å². The first-order valence-electron chi connectivity index (χ1n) is 14.6. The highest BCUT2D eigenvalue weighted by Gasteiger charge is 2.45. The summed E-state index contributed by atoms with van der Waals surface area (Å²) in [6, 6.07) is 17.6. The zero-order valence-corrected chi connectivity index (χ0v) is 23.9. The van der Waals surface area contributed by atoms with Gasteiger partial charge in [0.05, 0.1) is 19.2 Å². The number of methoxy groups -OCH3 is 1. The fraction of sp³-hybridized carbons (Fsp3) is 0.531. The SMILES string of the molecule is COC(=O)CCCCCN1C(=O)N(CCCCCC(=O)[O-])C(Cc2ccccc2)C(O)C(O)C1Cc1ccccc1. The van der Waals surface area contributed by atoms with Gasteiger partial charge in [-0.15, -0.1) is 0 Å². The van der Waals surface area contributed by atoms with Crippen LogP contribution in [0.2, 0.25) is 0 Å². The van der Waals surface area contributed by atoms with Crippen molar-refractivity contribution in [2.75, 3.05) is 20.2 Å². The number of carboxylic acids is 1. The normalized spacial score (nSPS) is 21.0. The first-order chi connectivity index (χ1) is 19.8. The number of ether oxygens (including phenoxy) is 1. The third-order valence-corrected chi connectivity index (χ3v) is 7.79. The number of aliphatic hydroxyl groups excluding tert-OH is 2. The minimum absolute atomic E-state index is 0.0421. The van der Waals surface area contributed by atoms with E-state index in [-0.39, 0.29) is 18.4 Å². The molecular weight excluding hydrogens is 524 g/mol. The molecular formula is C32H43N2O7-. The molecule has 0 aromatic heterocycles. The monoisotopic (exact) mass is 567 g/mol. The summed E-state index contributed by atoms with van der Waals surface area (Å²) < 4.78 is 4.73. The summed E-state index contributed by atoms with van der Waals surface area (Å²) in [5.41, 5.74) is 1.89. The maximum atomic E-state index is 14.3. The van der Waals surface area contributed by atoms with Crippen LogP contribution >= 0.6 is 0 Å². The molecule has 2 amide bonds. The van der Waals surface area contributed by atoms with Crippen LogP contribution in [0.25, 0.3) is 0 Å². The largest absolute Gasteiger partial charge is 0.550 e. The van der Waals surface area contributed by atoms with Crippen LogP contribution in [0.1, 0.15) is 62.5 Å². The molecule has 41 heavy (non-hydrogen) atoms. The van der Waals surface area contributed by atoms with Gasteiger partial charge in [-0.1, -0.05) is 73.5 Å². The van der Waals surface area contributed by atoms with Crippen molar-refractivity contribution in [1.29, 1.82) is 0 Å². The summed E-state index contributed by atoms with van der Waals surface area (Å²) in [6.07, 6.45) is 2.17. The predicted octanol–water partition coefficient (Wildman–Crippen LogP) is 2.71. The van der Waals surface area contributed by atoms with Crippen molar-refractivity contribution < 1.29 is 34.4 Å². The van der Waals surface area contributed by atoms with E-state index < -0.39 is 30.3 Å². The molecule has 0 radical (unpaired) electrons. The molecule has 0 saturated carbocycles. The number of rotatable bonds is 16. The summed E-state index contributed by atoms with van der Waals surface area (Å²) in [4.78, 5) is 40.0. The van der Waals surface area contributed by atoms with Crippen LogP contribution in [0.15, 0.2) is 60.7 Å². The van der Waals surface area contributed by atoms with Gasteiger partial charge in [0.2, 0.25) is 0 Å². The molecule has 224 valence electrons. The lowest BCUT2D eigenvalue weighted by Gasteiger charge is -2.36. The molecule has 9 nitrogen and oxygen atoms in total. The molecule has 0 aliphatic carbocycles. The number of carbonyl (C=O) groups excluding carboxylic acids is 3. The lowest BCUT2D eigenvalue weighted by molar-refractivity contribution is -0.305. The number of urea groups is 1. The van der Waals surface area contributed by atoms with Gasteiger partial charge in [-0.05, 0) is 56.1 Å². The van der Waals surface area contributed by atoms with E-state index in [2.05, 4.69) is 0 Å². The molecule has 2 aromatic rings. The number of unbranched alkanes of at least 4 members (excludes halogenated alkanes) is 4. The minimum Gasteiger partial charge on any atom is -0.550 e. The van der Waals surface area contributed by atoms with Gasteiger partial charge in [0.25, 0.3) is 0 Å². The molecule has 1 saturated heterocycles. The fourth-order valence-corrected chi connectivity index (χ4v) is 5.53. The van der Waals surface area contributed by atoms with Crippen LogP contribution < -0.4 is 5.11 Å². The highest BCUT2D eigenvalue weighted by Crippen LogP contribution is 2.28. The summed E-state index contributed by atoms with van der Waals surface area (Å²) in [5.74, 6) is -1.37. The Morgan fingerprint density at radius 2 is 1.17 bits per heavy atom. The Morgan fingerprint density at radius 1 is 0.732 bits per heavy atom. The molecule has 1 aliphatic rings. The standard InChI is InChI=1S/C32H44N2O7/c1-41-29(37)19-11-5-13-21-34-27(23-25-16-8-3-9-17-25)31(39)30(38)26(22-24-14-6-2-7-15-24)33(32(34)40)20-12-4-10-18-28(35)36/h2-3,6-9,14-17,26-27,30-31,38-39H,4-5,10-13,18-23H2,1H3,(H,35,36)/p-1. The molecule has 0 bridgehead atoms. The second-order valence-corrected chi connectivity index (χ2v) is 10.7. The summed E-state index contributed by atoms with van der Waals surface area (Å²) in [5, 5.41) is 34.1. The number of nitrogens with zero attached hydrogens (tertiary/aromatic N) is 2. The van der Waals surface area contributed by atoms with Gasteiger partial charge >= 0.3 is 12.0 Å². The van der Waals surface area contributed by atoms with Gasteiger partial charge in [0.15, 0.2) is 0 Å². The van der Waals surface area contributed by atoms with Gasteiger partial charge < -0.3 is 34.7 Å². The van der Waals surface area contributed by atoms with Gasteiger partial charge in [-0.2, -0.15) is 0 Å². The van der Waals surface area contributed by atoms with Crippen LogP contribution in [-0.2, 0) is 27.2 Å². The number of hydrogen-bond acceptors (Lipinski definition) is 7. The van der Waals surface area contributed by atoms with Crippen molar-refractivity contribution in [3.8, 4) is 0 Å². The fourth-order valence-electron chi connectivity index (χ4n) is 5.53. The van der Waals surface area contributed by atoms with Crippen LogP contribution in [0.3, 0.4) is 0 Å². The second kappa shape index (κ2) is 16.7. The van der Waals surface area contributed by atoms with E-state index in [1.165, 1.54) is 7.11 Å². The van der Waals surface area contributed by atoms with Crippen LogP contribution in [0.5, 0.6) is 0 Å². The first-order valence-corrected chi connectivity index (χ1v) is 14.6. The Labute approximate surface area is 242 Å². The number of carboxylic acid groups (broad SMARTS) is 1. The lowest BCUT2D eigenvalue weighted by Crippen LogP contribution is -2.51. The molecule has 4 atom stereocenters. The number of hydrogen-bond donors (Lipinski definition) is 2. The quantitative estimate of drug-likeness (QED) is 0.236. The molecule has 9 heteroatoms. The Morgan fingerprint density at radius 3 is 1.59 bits per heavy atom. The molecule has 2 N–H and O–H groups in total. The van der Waals surface area contributed by atoms with E-state index in [1.807, 2.05) is 60.7 Å². The highest BCUT2D eigenvalue weighted by molar-refractivity contribution is 5.76. The Kier molecular flexibility index (Phi) is 13.1. The van der Waals surface area contributed by atoms with Crippen molar-refractivity contribution in [2.24, 2.45) is 0 Å². The second-order valence-electron chi connectivity index (χ2n) is 10.7. The molecule has 0 spiro atoms. The van der Waals surface area contributed by atoms with Crippen LogP contribution in [0.4, 0.5) is 4.79 Å². The number of amides is 2. The van der Waals surface area contributed by atoms with Crippen molar-refractivity contribution in [3.05, 3.63) is 71.8 Å². The minimum atomic E-state index is -1.19. The lowest BCUT2D eigenvalue weighted by atomic mass is 9.91. The average Bonchev–Trinajstić information content (AvgIpc) is 3.04. The number of esters is 1. The molecule has 2 aromatic carbocycles. The third-order valence-electron chi connectivity index (χ3n) is 7.79. The smallest absolute Gasteiger partial charge is 0.320 e. The van der Waals surface area contributed by atoms with E-state index in [9.17, 15) is 29.7 Å². The van der Waals surface area contributed by atoms with Gasteiger partial charge in [-0.25, -0.2) is 4.79 Å². The summed E-state index contributed by atoms with van der Waals surface area (Å²) in [6.45, 7) is 0.685. The van der Waals surface area contributed by atoms with E-state index in [1.54, 1.807) is 9.80 Å². The first kappa shape index (κ1) is 32.1. The number of carbonyl (C=O) groups is 3. The summed E-state index contributed by atoms with van der Waals surface area (Å²) in [7, 11) is 1.36.